The predicted molar refractivity (Wildman–Crippen MR) is 128 cm³/mol. The van der Waals surface area contributed by atoms with Gasteiger partial charge in [-0.05, 0) is 39.0 Å². The Morgan fingerprint density at radius 3 is 2.10 bits per heavy atom. The smallest absolute Gasteiger partial charge is 0.181 e. The van der Waals surface area contributed by atoms with Crippen molar-refractivity contribution >= 4 is 0 Å². The highest BCUT2D eigenvalue weighted by molar-refractivity contribution is 4.95. The zero-order chi connectivity index (χ0) is 23.3. The van der Waals surface area contributed by atoms with Crippen LogP contribution in [-0.2, 0) is 9.47 Å². The Bertz CT molecular complexity index is 442. The number of rotatable bonds is 21. The van der Waals surface area contributed by atoms with Gasteiger partial charge in [-0.25, -0.2) is 0 Å². The maximum atomic E-state index is 10.1. The topological polar surface area (TPSA) is 105 Å². The van der Waals surface area contributed by atoms with E-state index in [2.05, 4.69) is 19.1 Å². The fourth-order valence-electron chi connectivity index (χ4n) is 3.22. The van der Waals surface area contributed by atoms with Gasteiger partial charge < -0.3 is 30.5 Å². The van der Waals surface area contributed by atoms with Gasteiger partial charge in [0.25, 0.3) is 0 Å². The third-order valence-electron chi connectivity index (χ3n) is 5.30. The lowest BCUT2D eigenvalue weighted by Crippen LogP contribution is -2.41. The molecule has 184 valence electrons. The maximum Gasteiger partial charge on any atom is 0.181 e. The first-order valence-electron chi connectivity index (χ1n) is 12.3. The molecular weight excluding hydrogens is 394 g/mol. The molecule has 0 heterocycles. The molecule has 31 heavy (non-hydrogen) atoms. The summed E-state index contributed by atoms with van der Waals surface area (Å²) >= 11 is 0. The molecule has 0 radical (unpaired) electrons. The number of allylic oxidation sites excluding steroid dienone is 3. The van der Waals surface area contributed by atoms with Crippen LogP contribution in [0.4, 0.5) is 0 Å². The van der Waals surface area contributed by atoms with E-state index in [0.717, 1.165) is 19.3 Å². The van der Waals surface area contributed by atoms with E-state index in [1.807, 2.05) is 13.0 Å². The minimum absolute atomic E-state index is 0.0469. The highest BCUT2D eigenvalue weighted by Gasteiger charge is 2.21. The lowest BCUT2D eigenvalue weighted by atomic mass is 10.1. The van der Waals surface area contributed by atoms with E-state index >= 15 is 0 Å². The van der Waals surface area contributed by atoms with Crippen molar-refractivity contribution in [3.8, 4) is 0 Å². The minimum atomic E-state index is -0.872. The molecule has 0 amide bonds. The standard InChI is InChI=1S/C25H49NO5/c1-4-6-7-8-9-10-11-12-13-14-15-16-17-18-23(29)22(26)20-30-25(19-27)31-24(5-2)21(3)28/h13-14,17-18,21-25,27-29H,4-12,15-16,19-20,26H2,1-3H3/b14-13+,18-17+/t21-,22-,23+,24?,25+/m0/s1. The third kappa shape index (κ3) is 17.5. The Balaban J connectivity index is 3.89. The molecule has 1 unspecified atom stereocenters. The summed E-state index contributed by atoms with van der Waals surface area (Å²) in [5.74, 6) is 0. The van der Waals surface area contributed by atoms with E-state index in [4.69, 9.17) is 15.2 Å². The van der Waals surface area contributed by atoms with Crippen LogP contribution in [0.2, 0.25) is 0 Å². The van der Waals surface area contributed by atoms with Crippen LogP contribution < -0.4 is 5.73 Å². The lowest BCUT2D eigenvalue weighted by Gasteiger charge is -2.26. The summed E-state index contributed by atoms with van der Waals surface area (Å²) < 4.78 is 11.0. The van der Waals surface area contributed by atoms with Gasteiger partial charge in [0, 0.05) is 0 Å². The molecule has 6 nitrogen and oxygen atoms in total. The van der Waals surface area contributed by atoms with Gasteiger partial charge in [0.1, 0.15) is 0 Å². The summed E-state index contributed by atoms with van der Waals surface area (Å²) in [6.07, 6.45) is 18.2. The Morgan fingerprint density at radius 1 is 0.871 bits per heavy atom. The zero-order valence-corrected chi connectivity index (χ0v) is 20.1. The van der Waals surface area contributed by atoms with Crippen LogP contribution in [0.5, 0.6) is 0 Å². The van der Waals surface area contributed by atoms with Crippen LogP contribution in [-0.4, -0.2) is 59.2 Å². The van der Waals surface area contributed by atoms with Crippen LogP contribution >= 0.6 is 0 Å². The first-order valence-corrected chi connectivity index (χ1v) is 12.3. The first kappa shape index (κ1) is 30.2. The highest BCUT2D eigenvalue weighted by atomic mass is 16.7. The average molecular weight is 444 g/mol. The second-order valence-electron chi connectivity index (χ2n) is 8.31. The highest BCUT2D eigenvalue weighted by Crippen LogP contribution is 2.10. The predicted octanol–water partition coefficient (Wildman–Crippen LogP) is 4.22. The third-order valence-corrected chi connectivity index (χ3v) is 5.30. The quantitative estimate of drug-likeness (QED) is 0.120. The van der Waals surface area contributed by atoms with Crippen molar-refractivity contribution in [2.24, 2.45) is 5.73 Å². The number of nitrogens with two attached hydrogens (primary N) is 1. The number of unbranched alkanes of at least 4 members (excludes halogenated alkanes) is 8. The summed E-state index contributed by atoms with van der Waals surface area (Å²) in [7, 11) is 0. The van der Waals surface area contributed by atoms with Gasteiger partial charge in [-0.3, -0.25) is 0 Å². The van der Waals surface area contributed by atoms with Crippen LogP contribution in [0.1, 0.15) is 91.4 Å². The summed E-state index contributed by atoms with van der Waals surface area (Å²) in [5.41, 5.74) is 5.96. The molecule has 6 heteroatoms. The largest absolute Gasteiger partial charge is 0.391 e. The van der Waals surface area contributed by atoms with Gasteiger partial charge >= 0.3 is 0 Å². The number of hydrogen-bond donors (Lipinski definition) is 4. The number of ether oxygens (including phenoxy) is 2. The molecule has 5 atom stereocenters. The Hall–Kier alpha value is -0.760. The summed E-state index contributed by atoms with van der Waals surface area (Å²) in [5, 5.41) is 29.2. The molecule has 0 aliphatic rings. The Morgan fingerprint density at radius 2 is 1.48 bits per heavy atom. The van der Waals surface area contributed by atoms with Gasteiger partial charge in [0.2, 0.25) is 0 Å². The molecule has 0 aromatic heterocycles. The number of hydrogen-bond acceptors (Lipinski definition) is 6. The fourth-order valence-corrected chi connectivity index (χ4v) is 3.22. The monoisotopic (exact) mass is 443 g/mol. The van der Waals surface area contributed by atoms with Gasteiger partial charge in [0.15, 0.2) is 6.29 Å². The fraction of sp³-hybridized carbons (Fsp3) is 0.840. The van der Waals surface area contributed by atoms with Crippen molar-refractivity contribution in [1.29, 1.82) is 0 Å². The van der Waals surface area contributed by atoms with Crippen molar-refractivity contribution in [1.82, 2.24) is 0 Å². The Labute approximate surface area is 190 Å². The number of aliphatic hydroxyl groups excluding tert-OH is 3. The SMILES string of the molecule is CCCCCCCCC/C=C/CC/C=C/[C@@H](O)[C@@H](N)CO[C@@H](CO)OC(CC)[C@H](C)O. The van der Waals surface area contributed by atoms with E-state index in [9.17, 15) is 15.3 Å². The molecule has 0 saturated carbocycles. The van der Waals surface area contributed by atoms with Gasteiger partial charge in [-0.15, -0.1) is 0 Å². The molecule has 0 aromatic rings. The van der Waals surface area contributed by atoms with Crippen molar-refractivity contribution in [2.75, 3.05) is 13.2 Å². The number of aliphatic hydroxyl groups is 3. The summed E-state index contributed by atoms with van der Waals surface area (Å²) in [6.45, 7) is 5.47. The molecule has 0 fully saturated rings. The molecular formula is C25H49NO5. The van der Waals surface area contributed by atoms with E-state index in [1.54, 1.807) is 13.0 Å². The molecule has 0 bridgehead atoms. The summed E-state index contributed by atoms with van der Waals surface area (Å²) in [4.78, 5) is 0. The average Bonchev–Trinajstić information content (AvgIpc) is 2.76. The summed E-state index contributed by atoms with van der Waals surface area (Å²) in [6, 6.07) is -0.617. The van der Waals surface area contributed by atoms with E-state index in [-0.39, 0.29) is 13.2 Å². The van der Waals surface area contributed by atoms with Crippen molar-refractivity contribution < 1.29 is 24.8 Å². The normalized spacial score (nSPS) is 17.3. The molecule has 0 saturated heterocycles. The minimum Gasteiger partial charge on any atom is -0.391 e. The molecule has 5 N–H and O–H groups in total. The van der Waals surface area contributed by atoms with E-state index in [0.29, 0.717) is 6.42 Å². The Kier molecular flexibility index (Phi) is 20.6. The lowest BCUT2D eigenvalue weighted by molar-refractivity contribution is -0.208. The van der Waals surface area contributed by atoms with Crippen LogP contribution in [0, 0.1) is 0 Å². The van der Waals surface area contributed by atoms with Gasteiger partial charge in [-0.2, -0.15) is 0 Å². The zero-order valence-electron chi connectivity index (χ0n) is 20.1. The first-order chi connectivity index (χ1) is 15.0. The molecule has 0 rings (SSSR count). The molecule has 0 aliphatic heterocycles. The molecule has 0 aliphatic carbocycles. The van der Waals surface area contributed by atoms with Gasteiger partial charge in [-0.1, -0.05) is 76.7 Å². The van der Waals surface area contributed by atoms with E-state index < -0.39 is 30.6 Å². The van der Waals surface area contributed by atoms with Crippen LogP contribution in [0.3, 0.4) is 0 Å². The maximum absolute atomic E-state index is 10.1. The van der Waals surface area contributed by atoms with Crippen LogP contribution in [0.25, 0.3) is 0 Å². The van der Waals surface area contributed by atoms with Crippen molar-refractivity contribution in [3.05, 3.63) is 24.3 Å². The molecule has 0 aromatic carbocycles. The van der Waals surface area contributed by atoms with Crippen molar-refractivity contribution in [2.45, 2.75) is 122 Å². The second kappa shape index (κ2) is 21.1. The second-order valence-corrected chi connectivity index (χ2v) is 8.31. The van der Waals surface area contributed by atoms with Crippen molar-refractivity contribution in [3.63, 3.8) is 0 Å². The molecule has 0 spiro atoms. The van der Waals surface area contributed by atoms with E-state index in [1.165, 1.54) is 44.9 Å². The van der Waals surface area contributed by atoms with Gasteiger partial charge in [0.05, 0.1) is 37.6 Å². The van der Waals surface area contributed by atoms with Crippen LogP contribution in [0.15, 0.2) is 24.3 Å².